The van der Waals surface area contributed by atoms with Crippen LogP contribution in [-0.2, 0) is 25.6 Å². The second-order valence-corrected chi connectivity index (χ2v) is 13.4. The van der Waals surface area contributed by atoms with Crippen molar-refractivity contribution in [3.05, 3.63) is 35.9 Å². The van der Waals surface area contributed by atoms with Crippen molar-refractivity contribution in [2.75, 3.05) is 19.6 Å². The van der Waals surface area contributed by atoms with Gasteiger partial charge in [-0.1, -0.05) is 44.2 Å². The van der Waals surface area contributed by atoms with E-state index >= 15 is 0 Å². The Labute approximate surface area is 269 Å². The molecule has 0 bridgehead atoms. The molecule has 0 saturated carbocycles. The molecule has 1 aromatic carbocycles. The lowest BCUT2D eigenvalue weighted by molar-refractivity contribution is -0.244. The summed E-state index contributed by atoms with van der Waals surface area (Å²) in [6.45, 7) is 11.3. The Hall–Kier alpha value is -3.39. The first kappa shape index (κ1) is 37.1. The second-order valence-electron chi connectivity index (χ2n) is 13.4. The van der Waals surface area contributed by atoms with Crippen LogP contribution >= 0.6 is 0 Å². The van der Waals surface area contributed by atoms with Crippen LogP contribution in [0.1, 0.15) is 72.8 Å². The fourth-order valence-electron chi connectivity index (χ4n) is 6.05. The Morgan fingerprint density at radius 3 is 2.17 bits per heavy atom. The zero-order valence-corrected chi connectivity index (χ0v) is 27.5. The first-order valence-electron chi connectivity index (χ1n) is 15.8. The Bertz CT molecular complexity index is 1190. The van der Waals surface area contributed by atoms with Gasteiger partial charge in [0.2, 0.25) is 18.2 Å². The third-order valence-corrected chi connectivity index (χ3v) is 8.32. The summed E-state index contributed by atoms with van der Waals surface area (Å²) in [7, 11) is 0. The van der Waals surface area contributed by atoms with E-state index in [4.69, 9.17) is 4.84 Å². The number of halogens is 3. The number of amides is 5. The van der Waals surface area contributed by atoms with E-state index < -0.39 is 48.1 Å². The van der Waals surface area contributed by atoms with Crippen LogP contribution in [0.3, 0.4) is 0 Å². The van der Waals surface area contributed by atoms with Crippen molar-refractivity contribution < 1.29 is 42.3 Å². The molecule has 1 unspecified atom stereocenters. The number of carbonyl (C=O) groups excluding carboxylic acids is 4. The highest BCUT2D eigenvalue weighted by atomic mass is 19.4. The molecule has 11 nitrogen and oxygen atoms in total. The molecule has 2 heterocycles. The van der Waals surface area contributed by atoms with Crippen LogP contribution in [0.25, 0.3) is 0 Å². The number of aliphatic hydroxyl groups is 1. The summed E-state index contributed by atoms with van der Waals surface area (Å²) in [5.74, 6) is -1.13. The van der Waals surface area contributed by atoms with E-state index in [1.807, 2.05) is 20.8 Å². The molecule has 2 fully saturated rings. The van der Waals surface area contributed by atoms with E-state index in [9.17, 15) is 37.5 Å². The lowest BCUT2D eigenvalue weighted by atomic mass is 9.98. The van der Waals surface area contributed by atoms with Crippen LogP contribution in [0.4, 0.5) is 18.0 Å². The van der Waals surface area contributed by atoms with Crippen molar-refractivity contribution in [1.29, 1.82) is 0 Å². The van der Waals surface area contributed by atoms with Crippen molar-refractivity contribution in [2.45, 2.75) is 116 Å². The number of nitrogens with one attached hydrogen (secondary N) is 1. The fraction of sp³-hybridized carbons (Fsp3) is 0.688. The molecule has 2 saturated heterocycles. The standard InChI is InChI=1S/C32H48F3N5O6/c1-21(2)27(36-30(45)37-17-14-24(15-18-37)40(22(3)42)46-31(4,5)6)29(44)38-16-10-13-26(38)39(20-41)25(28(43)32(33,34)35)19-23-11-8-7-9-12-23/h7-9,11-12,20-21,24-28,43H,10,13-19H2,1-6H3,(H,36,45)/t25-,26?,27-,28-/m0/s1. The van der Waals surface area contributed by atoms with Gasteiger partial charge in [-0.2, -0.15) is 13.2 Å². The first-order chi connectivity index (χ1) is 21.4. The summed E-state index contributed by atoms with van der Waals surface area (Å²) in [5, 5.41) is 14.5. The second kappa shape index (κ2) is 15.5. The summed E-state index contributed by atoms with van der Waals surface area (Å²) in [6, 6.07) is 4.84. The smallest absolute Gasteiger partial charge is 0.382 e. The number of aliphatic hydroxyl groups excluding tert-OH is 1. The number of likely N-dealkylation sites (tertiary alicyclic amines) is 2. The van der Waals surface area contributed by atoms with Crippen molar-refractivity contribution >= 4 is 24.3 Å². The number of urea groups is 1. The summed E-state index contributed by atoms with van der Waals surface area (Å²) < 4.78 is 41.5. The molecule has 0 radical (unpaired) electrons. The van der Waals surface area contributed by atoms with E-state index in [-0.39, 0.29) is 43.7 Å². The summed E-state index contributed by atoms with van der Waals surface area (Å²) in [5.41, 5.74) is -0.0874. The molecule has 46 heavy (non-hydrogen) atoms. The topological polar surface area (TPSA) is 123 Å². The van der Waals surface area contributed by atoms with Gasteiger partial charge in [-0.15, -0.1) is 0 Å². The van der Waals surface area contributed by atoms with Gasteiger partial charge in [-0.25, -0.2) is 9.86 Å². The number of piperidine rings is 1. The minimum Gasteiger partial charge on any atom is -0.382 e. The van der Waals surface area contributed by atoms with Gasteiger partial charge < -0.3 is 25.1 Å². The van der Waals surface area contributed by atoms with E-state index in [2.05, 4.69) is 5.32 Å². The van der Waals surface area contributed by atoms with Crippen LogP contribution in [0.15, 0.2) is 30.3 Å². The molecule has 0 aromatic heterocycles. The van der Waals surface area contributed by atoms with Gasteiger partial charge in [-0.05, 0) is 64.4 Å². The minimum atomic E-state index is -5.00. The van der Waals surface area contributed by atoms with Crippen molar-refractivity contribution in [1.82, 2.24) is 25.1 Å². The van der Waals surface area contributed by atoms with E-state index in [0.717, 1.165) is 4.90 Å². The number of hydroxylamine groups is 2. The molecule has 2 aliphatic heterocycles. The Morgan fingerprint density at radius 2 is 1.67 bits per heavy atom. The molecular weight excluding hydrogens is 607 g/mol. The molecule has 3 rings (SSSR count). The van der Waals surface area contributed by atoms with Crippen molar-refractivity contribution in [3.8, 4) is 0 Å². The van der Waals surface area contributed by atoms with Crippen LogP contribution < -0.4 is 5.32 Å². The van der Waals surface area contributed by atoms with Gasteiger partial charge in [0.1, 0.15) is 12.2 Å². The normalized spacial score (nSPS) is 19.8. The van der Waals surface area contributed by atoms with Gasteiger partial charge >= 0.3 is 12.2 Å². The maximum Gasteiger partial charge on any atom is 0.416 e. The number of nitrogens with zero attached hydrogens (tertiary/aromatic N) is 4. The number of carbonyl (C=O) groups is 4. The van der Waals surface area contributed by atoms with E-state index in [0.29, 0.717) is 37.9 Å². The number of benzene rings is 1. The van der Waals surface area contributed by atoms with Crippen LogP contribution in [0.5, 0.6) is 0 Å². The number of alkyl halides is 3. The fourth-order valence-corrected chi connectivity index (χ4v) is 6.05. The average molecular weight is 656 g/mol. The lowest BCUT2D eigenvalue weighted by Gasteiger charge is -2.42. The molecular formula is C32H48F3N5O6. The minimum absolute atomic E-state index is 0.174. The van der Waals surface area contributed by atoms with Gasteiger partial charge in [-0.3, -0.25) is 19.2 Å². The largest absolute Gasteiger partial charge is 0.416 e. The van der Waals surface area contributed by atoms with E-state index in [1.54, 1.807) is 49.1 Å². The van der Waals surface area contributed by atoms with Gasteiger partial charge in [0.15, 0.2) is 6.10 Å². The maximum atomic E-state index is 13.9. The Kier molecular flexibility index (Phi) is 12.5. The predicted octanol–water partition coefficient (Wildman–Crippen LogP) is 3.71. The molecule has 14 heteroatoms. The lowest BCUT2D eigenvalue weighted by Crippen LogP contribution is -2.61. The SMILES string of the molecule is CC(=O)N(OC(C)(C)C)C1CCN(C(=O)N[C@H](C(=O)N2CCCC2N(C=O)[C@@H](Cc2ccccc2)[C@H](O)C(F)(F)F)C(C)C)CC1. The summed E-state index contributed by atoms with van der Waals surface area (Å²) in [6.07, 6.45) is -7.31. The van der Waals surface area contributed by atoms with Crippen molar-refractivity contribution in [3.63, 3.8) is 0 Å². The molecule has 2 N–H and O–H groups in total. The van der Waals surface area contributed by atoms with Crippen LogP contribution in [-0.4, -0.2) is 111 Å². The monoisotopic (exact) mass is 655 g/mol. The highest BCUT2D eigenvalue weighted by Crippen LogP contribution is 2.31. The first-order valence-corrected chi connectivity index (χ1v) is 15.8. The predicted molar refractivity (Wildman–Crippen MR) is 164 cm³/mol. The molecule has 2 aliphatic rings. The highest BCUT2D eigenvalue weighted by molar-refractivity contribution is 5.88. The number of rotatable bonds is 11. The van der Waals surface area contributed by atoms with Crippen LogP contribution in [0.2, 0.25) is 0 Å². The van der Waals surface area contributed by atoms with Gasteiger partial charge in [0.25, 0.3) is 0 Å². The molecule has 0 spiro atoms. The third kappa shape index (κ3) is 9.57. The summed E-state index contributed by atoms with van der Waals surface area (Å²) in [4.78, 5) is 61.6. The Morgan fingerprint density at radius 1 is 1.07 bits per heavy atom. The van der Waals surface area contributed by atoms with E-state index in [1.165, 1.54) is 16.9 Å². The molecule has 5 amide bonds. The zero-order chi connectivity index (χ0) is 34.4. The highest BCUT2D eigenvalue weighted by Gasteiger charge is 2.49. The number of hydrogen-bond acceptors (Lipinski definition) is 6. The quantitative estimate of drug-likeness (QED) is 0.277. The van der Waals surface area contributed by atoms with Gasteiger partial charge in [0.05, 0.1) is 17.7 Å². The average Bonchev–Trinajstić information content (AvgIpc) is 3.47. The Balaban J connectivity index is 1.75. The number of hydrogen-bond donors (Lipinski definition) is 2. The maximum absolute atomic E-state index is 13.9. The molecule has 1 aromatic rings. The molecule has 4 atom stereocenters. The van der Waals surface area contributed by atoms with Crippen molar-refractivity contribution in [2.24, 2.45) is 5.92 Å². The third-order valence-electron chi connectivity index (χ3n) is 8.32. The molecule has 258 valence electrons. The summed E-state index contributed by atoms with van der Waals surface area (Å²) >= 11 is 0. The van der Waals surface area contributed by atoms with Crippen LogP contribution in [0, 0.1) is 5.92 Å². The molecule has 0 aliphatic carbocycles. The zero-order valence-electron chi connectivity index (χ0n) is 27.5. The van der Waals surface area contributed by atoms with Gasteiger partial charge in [0, 0.05) is 26.6 Å².